The van der Waals surface area contributed by atoms with Crippen LogP contribution in [0.15, 0.2) is 48.5 Å². The maximum absolute atomic E-state index is 12.7. The standard InChI is InChI=1S/C23H23N3O4/c27-20(15-25-13-6-2-1-3-12-21(25)28)24-16-8-7-9-17(14-16)26-22(29)18-10-4-5-11-19(18)23(26)30/h4-5,7-11,14H,1-3,6,12-13,15H2,(H,24,27). The second-order valence-corrected chi connectivity index (χ2v) is 7.57. The SMILES string of the molecule is O=C(CN1CCCCCCC1=O)Nc1cccc(N2C(=O)c3ccccc3C2=O)c1. The Bertz CT molecular complexity index is 982. The van der Waals surface area contributed by atoms with E-state index < -0.39 is 0 Å². The van der Waals surface area contributed by atoms with Crippen molar-refractivity contribution in [2.45, 2.75) is 32.1 Å². The second kappa shape index (κ2) is 8.49. The maximum Gasteiger partial charge on any atom is 0.266 e. The van der Waals surface area contributed by atoms with Gasteiger partial charge in [0.2, 0.25) is 11.8 Å². The Morgan fingerprint density at radius 3 is 2.30 bits per heavy atom. The van der Waals surface area contributed by atoms with Crippen LogP contribution in [0.2, 0.25) is 0 Å². The average molecular weight is 405 g/mol. The number of hydrogen-bond acceptors (Lipinski definition) is 4. The lowest BCUT2D eigenvalue weighted by atomic mass is 10.1. The van der Waals surface area contributed by atoms with Gasteiger partial charge in [0.25, 0.3) is 11.8 Å². The van der Waals surface area contributed by atoms with Gasteiger partial charge in [-0.3, -0.25) is 19.2 Å². The first-order valence-electron chi connectivity index (χ1n) is 10.2. The Labute approximate surface area is 174 Å². The summed E-state index contributed by atoms with van der Waals surface area (Å²) in [7, 11) is 0. The number of likely N-dealkylation sites (tertiary alicyclic amines) is 1. The van der Waals surface area contributed by atoms with E-state index in [1.807, 2.05) is 0 Å². The van der Waals surface area contributed by atoms with E-state index in [2.05, 4.69) is 5.32 Å². The van der Waals surface area contributed by atoms with Crippen molar-refractivity contribution in [1.29, 1.82) is 0 Å². The third kappa shape index (κ3) is 3.96. The van der Waals surface area contributed by atoms with Gasteiger partial charge in [0.15, 0.2) is 0 Å². The molecule has 1 saturated heterocycles. The third-order valence-electron chi connectivity index (χ3n) is 5.44. The molecule has 154 valence electrons. The second-order valence-electron chi connectivity index (χ2n) is 7.57. The van der Waals surface area contributed by atoms with Crippen LogP contribution < -0.4 is 10.2 Å². The number of imide groups is 1. The van der Waals surface area contributed by atoms with Crippen molar-refractivity contribution < 1.29 is 19.2 Å². The van der Waals surface area contributed by atoms with Crippen LogP contribution in [0.3, 0.4) is 0 Å². The van der Waals surface area contributed by atoms with E-state index in [9.17, 15) is 19.2 Å². The van der Waals surface area contributed by atoms with Gasteiger partial charge in [0, 0.05) is 18.7 Å². The van der Waals surface area contributed by atoms with E-state index >= 15 is 0 Å². The first kappa shape index (κ1) is 19.8. The highest BCUT2D eigenvalue weighted by Gasteiger charge is 2.36. The molecule has 2 heterocycles. The molecule has 2 aliphatic heterocycles. The van der Waals surface area contributed by atoms with Crippen LogP contribution in [-0.4, -0.2) is 41.6 Å². The van der Waals surface area contributed by atoms with Crippen molar-refractivity contribution in [3.05, 3.63) is 59.7 Å². The van der Waals surface area contributed by atoms with Crippen LogP contribution in [0.4, 0.5) is 11.4 Å². The molecule has 7 heteroatoms. The summed E-state index contributed by atoms with van der Waals surface area (Å²) in [6.07, 6.45) is 4.35. The zero-order valence-corrected chi connectivity index (χ0v) is 16.6. The summed E-state index contributed by atoms with van der Waals surface area (Å²) in [4.78, 5) is 52.8. The van der Waals surface area contributed by atoms with E-state index in [1.165, 1.54) is 0 Å². The minimum absolute atomic E-state index is 0.00389. The fraction of sp³-hybridized carbons (Fsp3) is 0.304. The molecule has 0 aromatic heterocycles. The molecule has 0 bridgehead atoms. The fourth-order valence-electron chi connectivity index (χ4n) is 3.90. The van der Waals surface area contributed by atoms with Gasteiger partial charge in [-0.25, -0.2) is 4.90 Å². The minimum Gasteiger partial charge on any atom is -0.333 e. The lowest BCUT2D eigenvalue weighted by Gasteiger charge is -2.24. The van der Waals surface area contributed by atoms with E-state index in [0.29, 0.717) is 35.5 Å². The summed E-state index contributed by atoms with van der Waals surface area (Å²) < 4.78 is 0. The van der Waals surface area contributed by atoms with Crippen molar-refractivity contribution in [2.24, 2.45) is 0 Å². The highest BCUT2D eigenvalue weighted by Crippen LogP contribution is 2.29. The van der Waals surface area contributed by atoms with Crippen molar-refractivity contribution >= 4 is 35.0 Å². The van der Waals surface area contributed by atoms with Crippen molar-refractivity contribution in [3.8, 4) is 0 Å². The zero-order valence-electron chi connectivity index (χ0n) is 16.6. The topological polar surface area (TPSA) is 86.8 Å². The zero-order chi connectivity index (χ0) is 21.1. The van der Waals surface area contributed by atoms with Crippen molar-refractivity contribution in [3.63, 3.8) is 0 Å². The Balaban J connectivity index is 1.46. The molecule has 1 N–H and O–H groups in total. The molecular formula is C23H23N3O4. The summed E-state index contributed by atoms with van der Waals surface area (Å²) in [6, 6.07) is 13.3. The molecule has 7 nitrogen and oxygen atoms in total. The highest BCUT2D eigenvalue weighted by molar-refractivity contribution is 6.34. The number of fused-ring (bicyclic) bond motifs is 1. The lowest BCUT2D eigenvalue weighted by Crippen LogP contribution is -2.39. The van der Waals surface area contributed by atoms with Gasteiger partial charge >= 0.3 is 0 Å². The molecule has 0 spiro atoms. The number of nitrogens with zero attached hydrogens (tertiary/aromatic N) is 2. The van der Waals surface area contributed by atoms with Crippen LogP contribution in [0.25, 0.3) is 0 Å². The van der Waals surface area contributed by atoms with E-state index in [0.717, 1.165) is 30.6 Å². The summed E-state index contributed by atoms with van der Waals surface area (Å²) in [5, 5.41) is 2.78. The highest BCUT2D eigenvalue weighted by atomic mass is 16.2. The summed E-state index contributed by atoms with van der Waals surface area (Å²) in [6.45, 7) is 0.581. The van der Waals surface area contributed by atoms with E-state index in [1.54, 1.807) is 53.4 Å². The van der Waals surface area contributed by atoms with Gasteiger partial charge in [0.1, 0.15) is 0 Å². The molecular weight excluding hydrogens is 382 g/mol. The molecule has 4 amide bonds. The first-order chi connectivity index (χ1) is 14.5. The molecule has 2 aromatic rings. The monoisotopic (exact) mass is 405 g/mol. The lowest BCUT2D eigenvalue weighted by molar-refractivity contribution is -0.135. The molecule has 1 fully saturated rings. The average Bonchev–Trinajstić information content (AvgIpc) is 2.99. The van der Waals surface area contributed by atoms with Gasteiger partial charge in [0.05, 0.1) is 23.4 Å². The number of nitrogens with one attached hydrogen (secondary N) is 1. The molecule has 2 aromatic carbocycles. The Hall–Kier alpha value is -3.48. The van der Waals surface area contributed by atoms with Gasteiger partial charge in [-0.05, 0) is 43.2 Å². The predicted octanol–water partition coefficient (Wildman–Crippen LogP) is 3.22. The maximum atomic E-state index is 12.7. The summed E-state index contributed by atoms with van der Waals surface area (Å²) in [5.74, 6) is -1.07. The number of rotatable bonds is 4. The van der Waals surface area contributed by atoms with Gasteiger partial charge in [-0.1, -0.05) is 31.0 Å². The van der Waals surface area contributed by atoms with Crippen LogP contribution in [0.1, 0.15) is 52.8 Å². The van der Waals surface area contributed by atoms with Gasteiger partial charge < -0.3 is 10.2 Å². The van der Waals surface area contributed by atoms with E-state index in [4.69, 9.17) is 0 Å². The Morgan fingerprint density at radius 2 is 1.57 bits per heavy atom. The van der Waals surface area contributed by atoms with Crippen LogP contribution in [0, 0.1) is 0 Å². The van der Waals surface area contributed by atoms with Crippen LogP contribution >= 0.6 is 0 Å². The van der Waals surface area contributed by atoms with Crippen molar-refractivity contribution in [1.82, 2.24) is 4.90 Å². The van der Waals surface area contributed by atoms with Crippen LogP contribution in [0.5, 0.6) is 0 Å². The number of anilines is 2. The summed E-state index contributed by atoms with van der Waals surface area (Å²) in [5.41, 5.74) is 1.59. The Kier molecular flexibility index (Phi) is 5.61. The molecule has 0 saturated carbocycles. The third-order valence-corrected chi connectivity index (χ3v) is 5.44. The number of amides is 4. The molecule has 0 aliphatic carbocycles. The molecule has 0 atom stereocenters. The van der Waals surface area contributed by atoms with Gasteiger partial charge in [-0.2, -0.15) is 0 Å². The van der Waals surface area contributed by atoms with Gasteiger partial charge in [-0.15, -0.1) is 0 Å². The minimum atomic E-state index is -0.384. The number of hydrogen-bond donors (Lipinski definition) is 1. The number of carbonyl (C=O) groups is 4. The fourth-order valence-corrected chi connectivity index (χ4v) is 3.90. The predicted molar refractivity (Wildman–Crippen MR) is 112 cm³/mol. The molecule has 30 heavy (non-hydrogen) atoms. The normalized spacial score (nSPS) is 16.9. The van der Waals surface area contributed by atoms with Crippen molar-refractivity contribution in [2.75, 3.05) is 23.3 Å². The number of benzene rings is 2. The smallest absolute Gasteiger partial charge is 0.266 e. The molecule has 2 aliphatic rings. The molecule has 0 unspecified atom stereocenters. The van der Waals surface area contributed by atoms with Crippen LogP contribution in [-0.2, 0) is 9.59 Å². The molecule has 0 radical (unpaired) electrons. The quantitative estimate of drug-likeness (QED) is 0.792. The Morgan fingerprint density at radius 1 is 0.867 bits per heavy atom. The largest absolute Gasteiger partial charge is 0.333 e. The number of carbonyl (C=O) groups excluding carboxylic acids is 4. The van der Waals surface area contributed by atoms with E-state index in [-0.39, 0.29) is 30.2 Å². The first-order valence-corrected chi connectivity index (χ1v) is 10.2. The summed E-state index contributed by atoms with van der Waals surface area (Å²) >= 11 is 0. The molecule has 4 rings (SSSR count).